The molecule has 1 aliphatic rings. The zero-order chi connectivity index (χ0) is 21.1. The molecule has 2 aromatic heterocycles. The number of halogens is 2. The van der Waals surface area contributed by atoms with Gasteiger partial charge in [0.25, 0.3) is 0 Å². The molecular formula is C24H22F2N2O2. The molecule has 0 radical (unpaired) electrons. The van der Waals surface area contributed by atoms with Gasteiger partial charge in [-0.3, -0.25) is 14.6 Å². The second kappa shape index (κ2) is 8.69. The molecule has 4 rings (SSSR count). The fraction of sp³-hybridized carbons (Fsp3) is 0.292. The van der Waals surface area contributed by atoms with E-state index in [1.807, 2.05) is 42.5 Å². The first-order chi connectivity index (χ1) is 14.5. The Kier molecular flexibility index (Phi) is 5.84. The first-order valence-electron chi connectivity index (χ1n) is 10.0. The number of aromatic nitrogens is 2. The smallest absolute Gasteiger partial charge is 0.239 e. The van der Waals surface area contributed by atoms with Gasteiger partial charge in [-0.05, 0) is 29.7 Å². The molecule has 0 spiro atoms. The van der Waals surface area contributed by atoms with Gasteiger partial charge in [-0.25, -0.2) is 8.78 Å². The van der Waals surface area contributed by atoms with Crippen molar-refractivity contribution in [2.45, 2.75) is 38.5 Å². The molecule has 0 saturated carbocycles. The Morgan fingerprint density at radius 1 is 1.10 bits per heavy atom. The number of fused-ring (bicyclic) bond motifs is 1. The lowest BCUT2D eigenvalue weighted by atomic mass is 9.81. The largest absolute Gasteiger partial charge is 0.358 e. The van der Waals surface area contributed by atoms with Crippen molar-refractivity contribution >= 4 is 11.6 Å². The second-order valence-electron chi connectivity index (χ2n) is 7.65. The number of Topliss-reactive ketones (excluding diaryl/α,β-unsaturated/α-hetero) is 2. The Morgan fingerprint density at radius 2 is 1.83 bits per heavy atom. The van der Waals surface area contributed by atoms with Crippen LogP contribution in [-0.4, -0.2) is 28.0 Å². The molecule has 1 unspecified atom stereocenters. The van der Waals surface area contributed by atoms with Crippen LogP contribution in [0.2, 0.25) is 0 Å². The summed E-state index contributed by atoms with van der Waals surface area (Å²) in [5.74, 6) is -0.912. The molecule has 0 bridgehead atoms. The summed E-state index contributed by atoms with van der Waals surface area (Å²) < 4.78 is 25.0. The van der Waals surface area contributed by atoms with Gasteiger partial charge < -0.3 is 4.98 Å². The van der Waals surface area contributed by atoms with Crippen LogP contribution in [0.15, 0.2) is 54.9 Å². The third-order valence-electron chi connectivity index (χ3n) is 5.60. The molecule has 0 saturated heterocycles. The van der Waals surface area contributed by atoms with E-state index in [4.69, 9.17) is 0 Å². The molecule has 30 heavy (non-hydrogen) atoms. The number of H-pyrrole nitrogens is 1. The van der Waals surface area contributed by atoms with Gasteiger partial charge in [0.2, 0.25) is 6.43 Å². The Bertz CT molecular complexity index is 1050. The van der Waals surface area contributed by atoms with Crippen molar-refractivity contribution in [2.24, 2.45) is 5.92 Å². The summed E-state index contributed by atoms with van der Waals surface area (Å²) in [4.78, 5) is 32.9. The van der Waals surface area contributed by atoms with Crippen molar-refractivity contribution in [3.8, 4) is 11.3 Å². The number of aromatic amines is 1. The summed E-state index contributed by atoms with van der Waals surface area (Å²) in [7, 11) is 0. The van der Waals surface area contributed by atoms with Crippen LogP contribution in [0.4, 0.5) is 8.78 Å². The highest BCUT2D eigenvalue weighted by Crippen LogP contribution is 2.36. The van der Waals surface area contributed by atoms with Crippen LogP contribution in [0, 0.1) is 5.92 Å². The Hall–Kier alpha value is -3.15. The average molecular weight is 408 g/mol. The first-order valence-corrected chi connectivity index (χ1v) is 10.0. The highest BCUT2D eigenvalue weighted by atomic mass is 19.3. The third kappa shape index (κ3) is 4.22. The number of hydrogen-bond acceptors (Lipinski definition) is 3. The summed E-state index contributed by atoms with van der Waals surface area (Å²) >= 11 is 0. The zero-order valence-corrected chi connectivity index (χ0v) is 16.4. The average Bonchev–Trinajstić information content (AvgIpc) is 3.12. The van der Waals surface area contributed by atoms with Crippen molar-refractivity contribution in [2.75, 3.05) is 0 Å². The number of ketones is 2. The van der Waals surface area contributed by atoms with E-state index in [0.717, 1.165) is 28.1 Å². The van der Waals surface area contributed by atoms with Gasteiger partial charge >= 0.3 is 0 Å². The molecule has 1 aliphatic carbocycles. The summed E-state index contributed by atoms with van der Waals surface area (Å²) in [5.41, 5.74) is 5.12. The fourth-order valence-electron chi connectivity index (χ4n) is 4.15. The number of benzene rings is 1. The molecule has 4 nitrogen and oxygen atoms in total. The normalized spacial score (nSPS) is 16.0. The summed E-state index contributed by atoms with van der Waals surface area (Å²) in [5, 5.41) is 0. The molecule has 3 aromatic rings. The number of carbonyl (C=O) groups excluding carboxylic acids is 2. The SMILES string of the molecule is O=C1CC(C(=O)CCC(F)F)Cc2[nH]c(-c3ccncc3)c(Cc3ccccc3)c21. The minimum Gasteiger partial charge on any atom is -0.358 e. The van der Waals surface area contributed by atoms with E-state index in [9.17, 15) is 18.4 Å². The van der Waals surface area contributed by atoms with E-state index >= 15 is 0 Å². The van der Waals surface area contributed by atoms with Gasteiger partial charge in [0.1, 0.15) is 5.78 Å². The number of nitrogens with zero attached hydrogens (tertiary/aromatic N) is 1. The van der Waals surface area contributed by atoms with E-state index in [-0.39, 0.29) is 24.4 Å². The quantitative estimate of drug-likeness (QED) is 0.597. The van der Waals surface area contributed by atoms with Crippen molar-refractivity contribution in [1.82, 2.24) is 9.97 Å². The molecular weight excluding hydrogens is 386 g/mol. The lowest BCUT2D eigenvalue weighted by Crippen LogP contribution is -2.27. The molecule has 2 heterocycles. The van der Waals surface area contributed by atoms with E-state index in [0.29, 0.717) is 18.4 Å². The first kappa shape index (κ1) is 20.1. The van der Waals surface area contributed by atoms with Crippen molar-refractivity contribution < 1.29 is 18.4 Å². The van der Waals surface area contributed by atoms with E-state index in [1.165, 1.54) is 0 Å². The maximum atomic E-state index is 13.1. The monoisotopic (exact) mass is 408 g/mol. The van der Waals surface area contributed by atoms with Gasteiger partial charge in [0.05, 0.1) is 5.69 Å². The molecule has 1 aromatic carbocycles. The Balaban J connectivity index is 1.71. The highest BCUT2D eigenvalue weighted by Gasteiger charge is 2.34. The lowest BCUT2D eigenvalue weighted by Gasteiger charge is -2.21. The van der Waals surface area contributed by atoms with Crippen molar-refractivity contribution in [3.63, 3.8) is 0 Å². The molecule has 0 fully saturated rings. The minimum absolute atomic E-state index is 0.0739. The number of carbonyl (C=O) groups is 2. The molecule has 0 aliphatic heterocycles. The van der Waals surface area contributed by atoms with Gasteiger partial charge in [0, 0.05) is 60.8 Å². The summed E-state index contributed by atoms with van der Waals surface area (Å²) in [6.45, 7) is 0. The summed E-state index contributed by atoms with van der Waals surface area (Å²) in [6.07, 6.45) is 1.26. The summed E-state index contributed by atoms with van der Waals surface area (Å²) in [6, 6.07) is 13.6. The fourth-order valence-corrected chi connectivity index (χ4v) is 4.15. The Morgan fingerprint density at radius 3 is 2.53 bits per heavy atom. The maximum absolute atomic E-state index is 13.1. The number of rotatable bonds is 7. The molecule has 0 amide bonds. The Labute approximate surface area is 173 Å². The molecule has 1 atom stereocenters. The van der Waals surface area contributed by atoms with Crippen LogP contribution in [-0.2, 0) is 17.6 Å². The van der Waals surface area contributed by atoms with Crippen LogP contribution < -0.4 is 0 Å². The predicted molar refractivity (Wildman–Crippen MR) is 110 cm³/mol. The molecule has 154 valence electrons. The van der Waals surface area contributed by atoms with Crippen molar-refractivity contribution in [1.29, 1.82) is 0 Å². The topological polar surface area (TPSA) is 62.8 Å². The minimum atomic E-state index is -2.51. The second-order valence-corrected chi connectivity index (χ2v) is 7.65. The van der Waals surface area contributed by atoms with E-state index in [2.05, 4.69) is 9.97 Å². The zero-order valence-electron chi connectivity index (χ0n) is 16.4. The number of alkyl halides is 2. The van der Waals surface area contributed by atoms with Crippen LogP contribution in [0.1, 0.15) is 46.4 Å². The van der Waals surface area contributed by atoms with E-state index < -0.39 is 18.8 Å². The number of nitrogens with one attached hydrogen (secondary N) is 1. The van der Waals surface area contributed by atoms with Gasteiger partial charge in [0.15, 0.2) is 5.78 Å². The standard InChI is InChI=1S/C24H22F2N2O2/c25-22(26)7-6-20(29)17-13-19-23(21(30)14-17)18(12-15-4-2-1-3-5-15)24(28-19)16-8-10-27-11-9-16/h1-5,8-11,17,22,28H,6-7,12-14H2. The number of pyridine rings is 1. The lowest BCUT2D eigenvalue weighted by molar-refractivity contribution is -0.123. The van der Waals surface area contributed by atoms with Gasteiger partial charge in [-0.1, -0.05) is 30.3 Å². The van der Waals surface area contributed by atoms with Crippen LogP contribution in [0.3, 0.4) is 0 Å². The third-order valence-corrected chi connectivity index (χ3v) is 5.60. The predicted octanol–water partition coefficient (Wildman–Crippen LogP) is 5.03. The van der Waals surface area contributed by atoms with Gasteiger partial charge in [-0.2, -0.15) is 0 Å². The van der Waals surface area contributed by atoms with Crippen molar-refractivity contribution in [3.05, 3.63) is 77.2 Å². The molecule has 6 heteroatoms. The highest BCUT2D eigenvalue weighted by molar-refractivity contribution is 6.04. The van der Waals surface area contributed by atoms with E-state index in [1.54, 1.807) is 12.4 Å². The molecule has 1 N–H and O–H groups in total. The van der Waals surface area contributed by atoms with Crippen LogP contribution >= 0.6 is 0 Å². The number of hydrogen-bond donors (Lipinski definition) is 1. The maximum Gasteiger partial charge on any atom is 0.239 e. The van der Waals surface area contributed by atoms with Gasteiger partial charge in [-0.15, -0.1) is 0 Å². The van der Waals surface area contributed by atoms with Crippen LogP contribution in [0.5, 0.6) is 0 Å². The van der Waals surface area contributed by atoms with Crippen LogP contribution in [0.25, 0.3) is 11.3 Å².